The molecule has 1 aromatic heterocycles. The maximum Gasteiger partial charge on any atom is 0.264 e. The second kappa shape index (κ2) is 4.35. The molecule has 3 heteroatoms. The van der Waals surface area contributed by atoms with Crippen LogP contribution in [-0.4, -0.2) is 23.4 Å². The molecule has 0 aromatic carbocycles. The monoisotopic (exact) mass is 223 g/mol. The zero-order valence-corrected chi connectivity index (χ0v) is 10.1. The quantitative estimate of drug-likeness (QED) is 0.716. The van der Waals surface area contributed by atoms with Crippen molar-refractivity contribution in [3.05, 3.63) is 22.4 Å². The lowest BCUT2D eigenvalue weighted by Crippen LogP contribution is -2.43. The topological polar surface area (TPSA) is 20.3 Å². The molecular weight excluding hydrogens is 206 g/mol. The Kier molecular flexibility index (Phi) is 3.10. The Morgan fingerprint density at radius 3 is 2.93 bits per heavy atom. The maximum absolute atomic E-state index is 12.1. The molecule has 2 nitrogen and oxygen atoms in total. The van der Waals surface area contributed by atoms with E-state index in [-0.39, 0.29) is 5.91 Å². The van der Waals surface area contributed by atoms with Gasteiger partial charge in [0.2, 0.25) is 0 Å². The summed E-state index contributed by atoms with van der Waals surface area (Å²) < 4.78 is 0. The van der Waals surface area contributed by atoms with Gasteiger partial charge in [0.05, 0.1) is 4.88 Å². The highest BCUT2D eigenvalue weighted by Crippen LogP contribution is 2.24. The van der Waals surface area contributed by atoms with E-state index in [2.05, 4.69) is 13.8 Å². The second-order valence-electron chi connectivity index (χ2n) is 4.45. The van der Waals surface area contributed by atoms with Crippen LogP contribution in [0.1, 0.15) is 36.4 Å². The SMILES string of the molecule is CC1CCN(C(=O)c2cccs2)C(C)C1. The fourth-order valence-corrected chi connectivity index (χ4v) is 2.93. The minimum atomic E-state index is 0.212. The van der Waals surface area contributed by atoms with Gasteiger partial charge in [-0.05, 0) is 37.1 Å². The molecule has 2 unspecified atom stereocenters. The van der Waals surface area contributed by atoms with Gasteiger partial charge in [-0.15, -0.1) is 11.3 Å². The smallest absolute Gasteiger partial charge is 0.264 e. The molecule has 1 aromatic rings. The maximum atomic E-state index is 12.1. The van der Waals surface area contributed by atoms with Gasteiger partial charge in [-0.25, -0.2) is 0 Å². The molecule has 1 aliphatic rings. The summed E-state index contributed by atoms with van der Waals surface area (Å²) in [5.74, 6) is 0.969. The zero-order valence-electron chi connectivity index (χ0n) is 9.27. The van der Waals surface area contributed by atoms with E-state index < -0.39 is 0 Å². The summed E-state index contributed by atoms with van der Waals surface area (Å²) in [4.78, 5) is 15.0. The van der Waals surface area contributed by atoms with Crippen LogP contribution in [0.5, 0.6) is 0 Å². The molecule has 0 spiro atoms. The molecule has 82 valence electrons. The number of nitrogens with zero attached hydrogens (tertiary/aromatic N) is 1. The Morgan fingerprint density at radius 1 is 1.53 bits per heavy atom. The number of rotatable bonds is 1. The normalized spacial score (nSPS) is 26.7. The van der Waals surface area contributed by atoms with Crippen molar-refractivity contribution >= 4 is 17.2 Å². The van der Waals surface area contributed by atoms with Crippen LogP contribution >= 0.6 is 11.3 Å². The van der Waals surface area contributed by atoms with Crippen molar-refractivity contribution in [2.75, 3.05) is 6.54 Å². The van der Waals surface area contributed by atoms with E-state index >= 15 is 0 Å². The van der Waals surface area contributed by atoms with Gasteiger partial charge < -0.3 is 4.90 Å². The molecule has 0 bridgehead atoms. The number of thiophene rings is 1. The summed E-state index contributed by atoms with van der Waals surface area (Å²) in [5, 5.41) is 1.96. The predicted octanol–water partition coefficient (Wildman–Crippen LogP) is 3.01. The Labute approximate surface area is 94.9 Å². The van der Waals surface area contributed by atoms with Crippen molar-refractivity contribution in [1.29, 1.82) is 0 Å². The first-order chi connectivity index (χ1) is 7.18. The number of piperidine rings is 1. The summed E-state index contributed by atoms with van der Waals surface area (Å²) in [6.45, 7) is 5.34. The van der Waals surface area contributed by atoms with Crippen molar-refractivity contribution in [3.8, 4) is 0 Å². The highest BCUT2D eigenvalue weighted by molar-refractivity contribution is 7.12. The third kappa shape index (κ3) is 2.23. The van der Waals surface area contributed by atoms with E-state index in [1.165, 1.54) is 11.3 Å². The first-order valence-electron chi connectivity index (χ1n) is 5.53. The van der Waals surface area contributed by atoms with E-state index in [0.29, 0.717) is 6.04 Å². The van der Waals surface area contributed by atoms with Crippen LogP contribution in [0.15, 0.2) is 17.5 Å². The molecule has 0 radical (unpaired) electrons. The molecule has 15 heavy (non-hydrogen) atoms. The summed E-state index contributed by atoms with van der Waals surface area (Å²) in [5.41, 5.74) is 0. The van der Waals surface area contributed by atoms with Gasteiger partial charge in [0.15, 0.2) is 0 Å². The highest BCUT2D eigenvalue weighted by Gasteiger charge is 2.27. The molecule has 1 fully saturated rings. The molecule has 2 heterocycles. The number of hydrogen-bond donors (Lipinski definition) is 0. The number of amides is 1. The van der Waals surface area contributed by atoms with Crippen LogP contribution in [0.3, 0.4) is 0 Å². The van der Waals surface area contributed by atoms with Gasteiger partial charge in [-0.1, -0.05) is 13.0 Å². The van der Waals surface area contributed by atoms with Crippen LogP contribution < -0.4 is 0 Å². The zero-order chi connectivity index (χ0) is 10.8. The van der Waals surface area contributed by atoms with Crippen molar-refractivity contribution in [3.63, 3.8) is 0 Å². The van der Waals surface area contributed by atoms with Crippen LogP contribution in [0, 0.1) is 5.92 Å². The van der Waals surface area contributed by atoms with E-state index in [1.807, 2.05) is 22.4 Å². The first kappa shape index (κ1) is 10.7. The Hall–Kier alpha value is -0.830. The minimum absolute atomic E-state index is 0.212. The molecule has 2 atom stereocenters. The summed E-state index contributed by atoms with van der Waals surface area (Å²) >= 11 is 1.54. The largest absolute Gasteiger partial charge is 0.335 e. The second-order valence-corrected chi connectivity index (χ2v) is 5.40. The van der Waals surface area contributed by atoms with Gasteiger partial charge >= 0.3 is 0 Å². The van der Waals surface area contributed by atoms with Crippen LogP contribution in [0.25, 0.3) is 0 Å². The Morgan fingerprint density at radius 2 is 2.33 bits per heavy atom. The molecule has 1 saturated heterocycles. The standard InChI is InChI=1S/C12H17NOS/c1-9-5-6-13(10(2)8-9)12(14)11-4-3-7-15-11/h3-4,7,9-10H,5-6,8H2,1-2H3. The summed E-state index contributed by atoms with van der Waals surface area (Å²) in [7, 11) is 0. The summed E-state index contributed by atoms with van der Waals surface area (Å²) in [6, 6.07) is 4.25. The molecule has 1 amide bonds. The molecule has 0 aliphatic carbocycles. The highest BCUT2D eigenvalue weighted by atomic mass is 32.1. The molecular formula is C12H17NOS. The van der Waals surface area contributed by atoms with E-state index in [4.69, 9.17) is 0 Å². The van der Waals surface area contributed by atoms with E-state index in [9.17, 15) is 4.79 Å². The molecule has 0 N–H and O–H groups in total. The first-order valence-corrected chi connectivity index (χ1v) is 6.41. The third-order valence-electron chi connectivity index (χ3n) is 3.13. The fraction of sp³-hybridized carbons (Fsp3) is 0.583. The van der Waals surface area contributed by atoms with Crippen molar-refractivity contribution < 1.29 is 4.79 Å². The van der Waals surface area contributed by atoms with Gasteiger partial charge in [-0.3, -0.25) is 4.79 Å². The van der Waals surface area contributed by atoms with E-state index in [1.54, 1.807) is 0 Å². The van der Waals surface area contributed by atoms with Gasteiger partial charge in [0.1, 0.15) is 0 Å². The van der Waals surface area contributed by atoms with Crippen LogP contribution in [0.4, 0.5) is 0 Å². The Balaban J connectivity index is 2.08. The average molecular weight is 223 g/mol. The average Bonchev–Trinajstić information content (AvgIpc) is 2.69. The lowest BCUT2D eigenvalue weighted by molar-refractivity contribution is 0.0593. The predicted molar refractivity (Wildman–Crippen MR) is 63.2 cm³/mol. The number of hydrogen-bond acceptors (Lipinski definition) is 2. The molecule has 1 aliphatic heterocycles. The van der Waals surface area contributed by atoms with Crippen LogP contribution in [0.2, 0.25) is 0 Å². The third-order valence-corrected chi connectivity index (χ3v) is 3.99. The number of likely N-dealkylation sites (tertiary alicyclic amines) is 1. The fourth-order valence-electron chi connectivity index (χ4n) is 2.25. The van der Waals surface area contributed by atoms with E-state index in [0.717, 1.165) is 30.2 Å². The van der Waals surface area contributed by atoms with Gasteiger partial charge in [-0.2, -0.15) is 0 Å². The molecule has 0 saturated carbocycles. The number of carbonyl (C=O) groups excluding carboxylic acids is 1. The number of carbonyl (C=O) groups is 1. The lowest BCUT2D eigenvalue weighted by atomic mass is 9.93. The van der Waals surface area contributed by atoms with Gasteiger partial charge in [0, 0.05) is 12.6 Å². The van der Waals surface area contributed by atoms with Crippen molar-refractivity contribution in [1.82, 2.24) is 4.90 Å². The van der Waals surface area contributed by atoms with Crippen LogP contribution in [-0.2, 0) is 0 Å². The van der Waals surface area contributed by atoms with Crippen molar-refractivity contribution in [2.24, 2.45) is 5.92 Å². The van der Waals surface area contributed by atoms with Crippen molar-refractivity contribution in [2.45, 2.75) is 32.7 Å². The Bertz CT molecular complexity index is 333. The summed E-state index contributed by atoms with van der Waals surface area (Å²) in [6.07, 6.45) is 2.28. The molecule has 2 rings (SSSR count). The minimum Gasteiger partial charge on any atom is -0.335 e. The van der Waals surface area contributed by atoms with Gasteiger partial charge in [0.25, 0.3) is 5.91 Å². The lowest BCUT2D eigenvalue weighted by Gasteiger charge is -2.36.